The van der Waals surface area contributed by atoms with E-state index in [1.807, 2.05) is 6.07 Å². The van der Waals surface area contributed by atoms with E-state index in [0.717, 1.165) is 23.6 Å². The quantitative estimate of drug-likeness (QED) is 0.634. The average Bonchev–Trinajstić information content (AvgIpc) is 2.98. The van der Waals surface area contributed by atoms with Crippen molar-refractivity contribution in [2.45, 2.75) is 13.8 Å². The van der Waals surface area contributed by atoms with E-state index in [4.69, 9.17) is 0 Å². The number of nitrogens with zero attached hydrogens (tertiary/aromatic N) is 2. The molecule has 0 aliphatic heterocycles. The normalized spacial score (nSPS) is 11.4. The molecule has 0 saturated heterocycles. The zero-order valence-electron chi connectivity index (χ0n) is 13.0. The van der Waals surface area contributed by atoms with Crippen LogP contribution in [-0.2, 0) is 0 Å². The first-order valence-corrected chi connectivity index (χ1v) is 8.50. The Morgan fingerprint density at radius 2 is 1.68 bits per heavy atom. The minimum atomic E-state index is 1.04. The number of anilines is 1. The first-order valence-electron chi connectivity index (χ1n) is 7.69. The molecule has 0 fully saturated rings. The Kier molecular flexibility index (Phi) is 4.54. The molecule has 3 rings (SSSR count). The van der Waals surface area contributed by atoms with Crippen LogP contribution in [0.25, 0.3) is 22.4 Å². The summed E-state index contributed by atoms with van der Waals surface area (Å²) in [5, 5.41) is 1.05. The van der Waals surface area contributed by atoms with E-state index in [0.29, 0.717) is 0 Å². The number of fused-ring (bicyclic) bond motifs is 1. The largest absolute Gasteiger partial charge is 0.372 e. The summed E-state index contributed by atoms with van der Waals surface area (Å²) in [6.45, 7) is 6.45. The Morgan fingerprint density at radius 1 is 0.955 bits per heavy atom. The Hall–Kier alpha value is -2.13. The van der Waals surface area contributed by atoms with Crippen LogP contribution in [0.1, 0.15) is 24.4 Å². The van der Waals surface area contributed by atoms with Crippen molar-refractivity contribution in [3.05, 3.63) is 59.1 Å². The van der Waals surface area contributed by atoms with Gasteiger partial charge in [0.1, 0.15) is 5.01 Å². The van der Waals surface area contributed by atoms with Gasteiger partial charge >= 0.3 is 0 Å². The van der Waals surface area contributed by atoms with E-state index >= 15 is 0 Å². The third-order valence-corrected chi connectivity index (χ3v) is 4.75. The number of rotatable bonds is 5. The Labute approximate surface area is 135 Å². The van der Waals surface area contributed by atoms with E-state index < -0.39 is 0 Å². The van der Waals surface area contributed by atoms with Crippen molar-refractivity contribution in [3.63, 3.8) is 0 Å². The van der Waals surface area contributed by atoms with E-state index in [1.165, 1.54) is 16.0 Å². The highest BCUT2D eigenvalue weighted by molar-refractivity contribution is 7.19. The molecule has 0 aliphatic carbocycles. The number of hydrogen-bond acceptors (Lipinski definition) is 3. The van der Waals surface area contributed by atoms with Crippen molar-refractivity contribution >= 4 is 39.4 Å². The number of benzene rings is 2. The molecule has 0 aliphatic rings. The molecule has 3 aromatic rings. The molecule has 2 aromatic carbocycles. The number of para-hydroxylation sites is 1. The van der Waals surface area contributed by atoms with Gasteiger partial charge in [-0.15, -0.1) is 11.3 Å². The van der Waals surface area contributed by atoms with Crippen molar-refractivity contribution in [3.8, 4) is 0 Å². The Morgan fingerprint density at radius 3 is 2.36 bits per heavy atom. The van der Waals surface area contributed by atoms with Crippen LogP contribution < -0.4 is 4.90 Å². The summed E-state index contributed by atoms with van der Waals surface area (Å²) >= 11 is 1.73. The van der Waals surface area contributed by atoms with Gasteiger partial charge in [-0.05, 0) is 49.8 Å². The standard InChI is InChI=1S/C19H20N2S/c1-3-21(4-2)16-12-9-15(10-13-16)11-14-19-20-17-7-5-6-8-18(17)22-19/h5-14H,3-4H2,1-2H3. The smallest absolute Gasteiger partial charge is 0.117 e. The van der Waals surface area contributed by atoms with Gasteiger partial charge in [-0.3, -0.25) is 0 Å². The van der Waals surface area contributed by atoms with Gasteiger partial charge in [0.15, 0.2) is 0 Å². The van der Waals surface area contributed by atoms with Crippen molar-refractivity contribution in [1.82, 2.24) is 4.98 Å². The SMILES string of the molecule is CCN(CC)c1ccc(C=Cc2nc3ccccc3s2)cc1. The molecule has 0 spiro atoms. The van der Waals surface area contributed by atoms with Crippen LogP contribution in [0.2, 0.25) is 0 Å². The molecule has 22 heavy (non-hydrogen) atoms. The van der Waals surface area contributed by atoms with Crippen LogP contribution in [0.4, 0.5) is 5.69 Å². The third-order valence-electron chi connectivity index (χ3n) is 3.75. The van der Waals surface area contributed by atoms with Gasteiger partial charge < -0.3 is 4.90 Å². The zero-order chi connectivity index (χ0) is 15.4. The summed E-state index contributed by atoms with van der Waals surface area (Å²) in [7, 11) is 0. The lowest BCUT2D eigenvalue weighted by Gasteiger charge is -2.20. The maximum Gasteiger partial charge on any atom is 0.117 e. The molecule has 3 heteroatoms. The van der Waals surface area contributed by atoms with Crippen LogP contribution in [0.3, 0.4) is 0 Å². The van der Waals surface area contributed by atoms with Crippen molar-refractivity contribution in [2.24, 2.45) is 0 Å². The second kappa shape index (κ2) is 6.75. The van der Waals surface area contributed by atoms with Gasteiger partial charge in [-0.1, -0.05) is 30.3 Å². The molecule has 0 radical (unpaired) electrons. The fraction of sp³-hybridized carbons (Fsp3) is 0.211. The monoisotopic (exact) mass is 308 g/mol. The Bertz CT molecular complexity index is 734. The highest BCUT2D eigenvalue weighted by Gasteiger charge is 2.01. The molecular weight excluding hydrogens is 288 g/mol. The highest BCUT2D eigenvalue weighted by Crippen LogP contribution is 2.23. The van der Waals surface area contributed by atoms with Gasteiger partial charge in [0, 0.05) is 18.8 Å². The summed E-state index contributed by atoms with van der Waals surface area (Å²) in [4.78, 5) is 6.97. The minimum absolute atomic E-state index is 1.04. The second-order valence-electron chi connectivity index (χ2n) is 5.12. The summed E-state index contributed by atoms with van der Waals surface area (Å²) in [5.41, 5.74) is 3.56. The number of thiazole rings is 1. The zero-order valence-corrected chi connectivity index (χ0v) is 13.8. The molecule has 1 aromatic heterocycles. The van der Waals surface area contributed by atoms with E-state index in [-0.39, 0.29) is 0 Å². The molecule has 0 amide bonds. The topological polar surface area (TPSA) is 16.1 Å². The van der Waals surface area contributed by atoms with Gasteiger partial charge in [0.2, 0.25) is 0 Å². The van der Waals surface area contributed by atoms with Crippen molar-refractivity contribution < 1.29 is 0 Å². The maximum atomic E-state index is 4.62. The number of hydrogen-bond donors (Lipinski definition) is 0. The van der Waals surface area contributed by atoms with Gasteiger partial charge in [-0.25, -0.2) is 4.98 Å². The van der Waals surface area contributed by atoms with Crippen LogP contribution in [0, 0.1) is 0 Å². The van der Waals surface area contributed by atoms with Crippen molar-refractivity contribution in [2.75, 3.05) is 18.0 Å². The molecule has 112 valence electrons. The Balaban J connectivity index is 1.77. The third kappa shape index (κ3) is 3.20. The average molecular weight is 308 g/mol. The lowest BCUT2D eigenvalue weighted by Crippen LogP contribution is -2.21. The lowest BCUT2D eigenvalue weighted by molar-refractivity contribution is 0.866. The van der Waals surface area contributed by atoms with E-state index in [2.05, 4.69) is 78.3 Å². The maximum absolute atomic E-state index is 4.62. The summed E-state index contributed by atoms with van der Waals surface area (Å²) in [5.74, 6) is 0. The summed E-state index contributed by atoms with van der Waals surface area (Å²) < 4.78 is 1.24. The van der Waals surface area contributed by atoms with Crippen LogP contribution in [0.15, 0.2) is 48.5 Å². The molecule has 0 N–H and O–H groups in total. The number of aromatic nitrogens is 1. The predicted molar refractivity (Wildman–Crippen MR) is 98.6 cm³/mol. The predicted octanol–water partition coefficient (Wildman–Crippen LogP) is 5.31. The fourth-order valence-corrected chi connectivity index (χ4v) is 3.38. The molecule has 0 saturated carbocycles. The highest BCUT2D eigenvalue weighted by atomic mass is 32.1. The van der Waals surface area contributed by atoms with Crippen LogP contribution >= 0.6 is 11.3 Å². The van der Waals surface area contributed by atoms with E-state index in [1.54, 1.807) is 11.3 Å². The molecular formula is C19H20N2S. The molecule has 0 unspecified atom stereocenters. The first-order chi connectivity index (χ1) is 10.8. The molecule has 1 heterocycles. The summed E-state index contributed by atoms with van der Waals surface area (Å²) in [6, 6.07) is 17.0. The van der Waals surface area contributed by atoms with Gasteiger partial charge in [0.05, 0.1) is 10.2 Å². The van der Waals surface area contributed by atoms with Crippen molar-refractivity contribution in [1.29, 1.82) is 0 Å². The fourth-order valence-electron chi connectivity index (χ4n) is 2.51. The minimum Gasteiger partial charge on any atom is -0.372 e. The molecule has 0 atom stereocenters. The lowest BCUT2D eigenvalue weighted by atomic mass is 10.2. The van der Waals surface area contributed by atoms with Crippen LogP contribution in [-0.4, -0.2) is 18.1 Å². The van der Waals surface area contributed by atoms with E-state index in [9.17, 15) is 0 Å². The molecule has 2 nitrogen and oxygen atoms in total. The summed E-state index contributed by atoms with van der Waals surface area (Å²) in [6.07, 6.45) is 4.22. The van der Waals surface area contributed by atoms with Crippen LogP contribution in [0.5, 0.6) is 0 Å². The van der Waals surface area contributed by atoms with Gasteiger partial charge in [0.25, 0.3) is 0 Å². The first kappa shape index (κ1) is 14.8. The van der Waals surface area contributed by atoms with Gasteiger partial charge in [-0.2, -0.15) is 0 Å². The molecule has 0 bridgehead atoms. The second-order valence-corrected chi connectivity index (χ2v) is 6.18.